The van der Waals surface area contributed by atoms with Crippen LogP contribution in [0.3, 0.4) is 0 Å². The molecular formula is C33H40N2PS+. The number of anilines is 2. The molecule has 0 saturated carbocycles. The maximum absolute atomic E-state index is 5.71. The summed E-state index contributed by atoms with van der Waals surface area (Å²) < 4.78 is -0.495. The van der Waals surface area contributed by atoms with Crippen molar-refractivity contribution in [3.05, 3.63) is 120 Å². The van der Waals surface area contributed by atoms with E-state index in [-0.39, 0.29) is 5.66 Å². The van der Waals surface area contributed by atoms with Gasteiger partial charge in [-0.25, -0.2) is 0 Å². The number of nitrogens with zero attached hydrogens (tertiary/aromatic N) is 2. The van der Waals surface area contributed by atoms with Gasteiger partial charge in [0.2, 0.25) is 0 Å². The van der Waals surface area contributed by atoms with E-state index in [0.29, 0.717) is 0 Å². The lowest BCUT2D eigenvalue weighted by Crippen LogP contribution is -2.43. The molecule has 0 fully saturated rings. The van der Waals surface area contributed by atoms with E-state index in [9.17, 15) is 0 Å². The molecule has 0 bridgehead atoms. The van der Waals surface area contributed by atoms with Gasteiger partial charge in [-0.05, 0) is 73.5 Å². The molecule has 0 heterocycles. The van der Waals surface area contributed by atoms with Crippen LogP contribution in [-0.2, 0) is 4.75 Å². The highest BCUT2D eigenvalue weighted by Gasteiger charge is 2.56. The standard InChI is InChI=1S/C33H39N2PS/c1-7-36(31-14-10-8-11-15-31,32-16-12-9-13-17-32)26(2)33(37,27-18-22-29(23-19-27)34(3)4)28-20-24-30(25-21-28)35(5)6/h8-26H,7H2,1-6H3/p+1/t26-/m1/s1. The zero-order chi connectivity index (χ0) is 26.6. The third-order valence-corrected chi connectivity index (χ3v) is 14.1. The quantitative estimate of drug-likeness (QED) is 0.184. The number of rotatable bonds is 9. The fraction of sp³-hybridized carbons (Fsp3) is 0.273. The first-order valence-corrected chi connectivity index (χ1v) is 15.5. The molecular weight excluding hydrogens is 487 g/mol. The van der Waals surface area contributed by atoms with Crippen molar-refractivity contribution in [2.24, 2.45) is 0 Å². The lowest BCUT2D eigenvalue weighted by Gasteiger charge is -2.43. The molecule has 0 amide bonds. The second-order valence-corrected chi connectivity index (χ2v) is 15.1. The number of benzene rings is 4. The Bertz CT molecular complexity index is 1180. The van der Waals surface area contributed by atoms with Crippen LogP contribution in [0.2, 0.25) is 0 Å². The molecule has 4 rings (SSSR count). The largest absolute Gasteiger partial charge is 0.378 e. The predicted octanol–water partition coefficient (Wildman–Crippen LogP) is 7.07. The molecule has 0 unspecified atom stereocenters. The summed E-state index contributed by atoms with van der Waals surface area (Å²) in [4.78, 5) is 4.30. The first kappa shape index (κ1) is 27.3. The highest BCUT2D eigenvalue weighted by atomic mass is 32.1. The summed E-state index contributed by atoms with van der Waals surface area (Å²) in [6, 6.07) is 40.3. The van der Waals surface area contributed by atoms with E-state index in [2.05, 4.69) is 161 Å². The minimum Gasteiger partial charge on any atom is -0.378 e. The van der Waals surface area contributed by atoms with Crippen LogP contribution in [0.4, 0.5) is 11.4 Å². The molecule has 0 aliphatic carbocycles. The van der Waals surface area contributed by atoms with E-state index in [1.807, 2.05) is 0 Å². The molecule has 4 heteroatoms. The van der Waals surface area contributed by atoms with E-state index >= 15 is 0 Å². The molecule has 0 N–H and O–H groups in total. The fourth-order valence-electron chi connectivity index (χ4n) is 5.62. The highest BCUT2D eigenvalue weighted by molar-refractivity contribution is 7.91. The Morgan fingerprint density at radius 1 is 0.622 bits per heavy atom. The van der Waals surface area contributed by atoms with Crippen molar-refractivity contribution in [1.82, 2.24) is 0 Å². The SMILES string of the molecule is CC[P+](c1ccccc1)(c1ccccc1)[C@H](C)C(S)(c1ccc(N(C)C)cc1)c1ccc(N(C)C)cc1. The van der Waals surface area contributed by atoms with E-state index < -0.39 is 12.0 Å². The molecule has 0 aromatic heterocycles. The van der Waals surface area contributed by atoms with E-state index in [1.165, 1.54) is 33.1 Å². The van der Waals surface area contributed by atoms with Crippen LogP contribution >= 0.6 is 19.9 Å². The summed E-state index contributed by atoms with van der Waals surface area (Å²) in [5.74, 6) is 0. The number of hydrogen-bond donors (Lipinski definition) is 1. The van der Waals surface area contributed by atoms with Gasteiger partial charge in [0.15, 0.2) is 0 Å². The Hall–Kier alpha value is -2.74. The minimum absolute atomic E-state index is 0.230. The summed E-state index contributed by atoms with van der Waals surface area (Å²) in [7, 11) is 6.46. The summed E-state index contributed by atoms with van der Waals surface area (Å²) in [5, 5.41) is 2.87. The van der Waals surface area contributed by atoms with Crippen LogP contribution in [-0.4, -0.2) is 40.0 Å². The van der Waals surface area contributed by atoms with Crippen molar-refractivity contribution in [2.75, 3.05) is 44.2 Å². The third kappa shape index (κ3) is 5.05. The molecule has 1 atom stereocenters. The molecule has 0 aliphatic rings. The van der Waals surface area contributed by atoms with Crippen LogP contribution in [0.1, 0.15) is 25.0 Å². The van der Waals surface area contributed by atoms with E-state index in [4.69, 9.17) is 12.6 Å². The lowest BCUT2D eigenvalue weighted by atomic mass is 9.87. The van der Waals surface area contributed by atoms with Crippen molar-refractivity contribution in [3.8, 4) is 0 Å². The summed E-state index contributed by atoms with van der Waals surface area (Å²) >= 11 is 5.71. The highest BCUT2D eigenvalue weighted by Crippen LogP contribution is 2.67. The Balaban J connectivity index is 1.99. The van der Waals surface area contributed by atoms with Gasteiger partial charge in [-0.1, -0.05) is 60.7 Å². The van der Waals surface area contributed by atoms with Crippen LogP contribution in [0, 0.1) is 0 Å². The second kappa shape index (κ2) is 11.3. The van der Waals surface area contributed by atoms with Gasteiger partial charge in [0.05, 0.1) is 34.4 Å². The first-order chi connectivity index (χ1) is 17.7. The van der Waals surface area contributed by atoms with Gasteiger partial charge < -0.3 is 9.80 Å². The maximum Gasteiger partial charge on any atom is 0.0996 e. The molecule has 37 heavy (non-hydrogen) atoms. The van der Waals surface area contributed by atoms with Gasteiger partial charge in [-0.3, -0.25) is 0 Å². The molecule has 0 aliphatic heterocycles. The van der Waals surface area contributed by atoms with Crippen LogP contribution in [0.25, 0.3) is 0 Å². The van der Waals surface area contributed by atoms with E-state index in [1.54, 1.807) is 0 Å². The molecule has 0 radical (unpaired) electrons. The fourth-order valence-corrected chi connectivity index (χ4v) is 11.3. The van der Waals surface area contributed by atoms with Gasteiger partial charge in [-0.15, -0.1) is 0 Å². The Labute approximate surface area is 230 Å². The molecule has 0 saturated heterocycles. The van der Waals surface area contributed by atoms with Gasteiger partial charge in [0, 0.05) is 39.6 Å². The number of hydrogen-bond acceptors (Lipinski definition) is 3. The van der Waals surface area contributed by atoms with Crippen molar-refractivity contribution in [2.45, 2.75) is 24.3 Å². The summed E-state index contributed by atoms with van der Waals surface area (Å²) in [6.45, 7) is 4.80. The lowest BCUT2D eigenvalue weighted by molar-refractivity contribution is 0.722. The Morgan fingerprint density at radius 2 is 0.973 bits per heavy atom. The maximum atomic E-state index is 5.71. The zero-order valence-corrected chi connectivity index (χ0v) is 24.8. The van der Waals surface area contributed by atoms with Gasteiger partial charge in [0.1, 0.15) is 0 Å². The molecule has 192 valence electrons. The summed E-state index contributed by atoms with van der Waals surface area (Å²) in [5.41, 5.74) is 5.08. The minimum atomic E-state index is -1.88. The molecule has 4 aromatic rings. The van der Waals surface area contributed by atoms with Crippen LogP contribution in [0.5, 0.6) is 0 Å². The molecule has 2 nitrogen and oxygen atoms in total. The molecule has 0 spiro atoms. The average Bonchev–Trinajstić information content (AvgIpc) is 2.94. The van der Waals surface area contributed by atoms with Crippen molar-refractivity contribution < 1.29 is 0 Å². The third-order valence-electron chi connectivity index (χ3n) is 7.85. The predicted molar refractivity (Wildman–Crippen MR) is 170 cm³/mol. The van der Waals surface area contributed by atoms with Gasteiger partial charge >= 0.3 is 0 Å². The normalized spacial score (nSPS) is 12.7. The first-order valence-electron chi connectivity index (χ1n) is 13.0. The zero-order valence-electron chi connectivity index (χ0n) is 23.0. The smallest absolute Gasteiger partial charge is 0.0996 e. The van der Waals surface area contributed by atoms with Crippen LogP contribution in [0.15, 0.2) is 109 Å². The van der Waals surface area contributed by atoms with Crippen molar-refractivity contribution in [3.63, 3.8) is 0 Å². The van der Waals surface area contributed by atoms with Crippen molar-refractivity contribution in [1.29, 1.82) is 0 Å². The monoisotopic (exact) mass is 527 g/mol. The second-order valence-electron chi connectivity index (χ2n) is 10.2. The Morgan fingerprint density at radius 3 is 1.27 bits per heavy atom. The molecule has 4 aromatic carbocycles. The van der Waals surface area contributed by atoms with Gasteiger partial charge in [0.25, 0.3) is 0 Å². The number of thiol groups is 1. The Kier molecular flexibility index (Phi) is 8.36. The van der Waals surface area contributed by atoms with Crippen molar-refractivity contribution >= 4 is 41.9 Å². The average molecular weight is 528 g/mol. The summed E-state index contributed by atoms with van der Waals surface area (Å²) in [6.07, 6.45) is 1.07. The topological polar surface area (TPSA) is 6.48 Å². The van der Waals surface area contributed by atoms with Gasteiger partial charge in [-0.2, -0.15) is 12.6 Å². The van der Waals surface area contributed by atoms with E-state index in [0.717, 1.165) is 6.16 Å². The van der Waals surface area contributed by atoms with Crippen LogP contribution < -0.4 is 20.4 Å².